The summed E-state index contributed by atoms with van der Waals surface area (Å²) >= 11 is 0. The molecule has 0 aliphatic heterocycles. The smallest absolute Gasteiger partial charge is 0.306 e. The van der Waals surface area contributed by atoms with Gasteiger partial charge in [0.1, 0.15) is 6.61 Å². The summed E-state index contributed by atoms with van der Waals surface area (Å²) in [7, 11) is 0. The van der Waals surface area contributed by atoms with Gasteiger partial charge in [-0.1, -0.05) is 319 Å². The molecule has 0 aromatic carbocycles. The van der Waals surface area contributed by atoms with Gasteiger partial charge in [0.2, 0.25) is 0 Å². The van der Waals surface area contributed by atoms with Crippen molar-refractivity contribution in [3.8, 4) is 0 Å². The molecular weight excluding hydrogens is 1030 g/mol. The minimum Gasteiger partial charge on any atom is -0.462 e. The summed E-state index contributed by atoms with van der Waals surface area (Å²) in [5.74, 6) is -0.644. The van der Waals surface area contributed by atoms with E-state index in [1.165, 1.54) is 148 Å². The van der Waals surface area contributed by atoms with E-state index in [0.29, 0.717) is 19.3 Å². The molecule has 0 aromatic heterocycles. The first-order valence-corrected chi connectivity index (χ1v) is 34.7. The van der Waals surface area contributed by atoms with Crippen LogP contribution in [0.25, 0.3) is 0 Å². The number of rotatable bonds is 62. The monoisotopic (exact) mass is 1160 g/mol. The van der Waals surface area contributed by atoms with Crippen LogP contribution in [0.4, 0.5) is 0 Å². The fourth-order valence-electron chi connectivity index (χ4n) is 9.33. The highest BCUT2D eigenvalue weighted by atomic mass is 16.6. The number of esters is 2. The van der Waals surface area contributed by atoms with Gasteiger partial charge in [-0.25, -0.2) is 0 Å². The summed E-state index contributed by atoms with van der Waals surface area (Å²) in [5.41, 5.74) is 0. The van der Waals surface area contributed by atoms with E-state index in [1.54, 1.807) is 0 Å². The third-order valence-electron chi connectivity index (χ3n) is 14.5. The van der Waals surface area contributed by atoms with Gasteiger partial charge in [-0.15, -0.1) is 0 Å². The van der Waals surface area contributed by atoms with Crippen molar-refractivity contribution in [3.05, 3.63) is 170 Å². The van der Waals surface area contributed by atoms with Crippen LogP contribution < -0.4 is 0 Å². The van der Waals surface area contributed by atoms with Gasteiger partial charge in [-0.3, -0.25) is 9.59 Å². The van der Waals surface area contributed by atoms with Gasteiger partial charge in [0.25, 0.3) is 0 Å². The highest BCUT2D eigenvalue weighted by Gasteiger charge is 2.16. The first kappa shape index (κ1) is 79.3. The molecule has 1 N–H and O–H groups in total. The number of aliphatic hydroxyl groups excluding tert-OH is 1. The molecule has 5 heteroatoms. The standard InChI is InChI=1S/C79H128O5/c1-3-5-7-9-11-13-15-17-19-21-23-25-27-29-31-33-35-36-37-38-39-40-41-42-44-46-48-50-52-54-56-58-60-62-64-66-68-70-72-74-79(82)84-77(75-80)76-83-78(81)73-71-69-67-65-63-61-59-57-55-53-51-49-47-45-43-34-32-30-28-26-24-22-20-18-16-14-12-10-8-6-4-2/h5,7,11,13,16-19,22-25,29,31,35-36,38-39,41-42,46,48,52,54,58,60,64,66,77,80H,3-4,6,8-10,12,14-15,20-21,26-28,30,32-34,37,40,43-45,47,49-51,53,55-57,59,61-63,65,67-76H2,1-2H3/b7-5-,13-11-,18-16-,19-17-,24-22-,25-23-,31-29-,36-35-,39-38-,42-41-,48-46-,54-52-,60-58-,66-64-. The Kier molecular flexibility index (Phi) is 68.4. The largest absolute Gasteiger partial charge is 0.462 e. The van der Waals surface area contributed by atoms with Crippen LogP contribution in [-0.4, -0.2) is 36.4 Å². The molecule has 0 aliphatic rings. The van der Waals surface area contributed by atoms with Crippen LogP contribution in [-0.2, 0) is 19.1 Å². The Morgan fingerprint density at radius 3 is 0.798 bits per heavy atom. The van der Waals surface area contributed by atoms with Crippen molar-refractivity contribution in [2.45, 2.75) is 302 Å². The number of hydrogen-bond acceptors (Lipinski definition) is 5. The van der Waals surface area contributed by atoms with E-state index in [2.05, 4.69) is 184 Å². The molecule has 1 atom stereocenters. The third-order valence-corrected chi connectivity index (χ3v) is 14.5. The molecule has 0 aliphatic carbocycles. The van der Waals surface area contributed by atoms with E-state index in [4.69, 9.17) is 9.47 Å². The van der Waals surface area contributed by atoms with Gasteiger partial charge in [-0.05, 0) is 135 Å². The summed E-state index contributed by atoms with van der Waals surface area (Å²) in [6.45, 7) is 3.99. The quantitative estimate of drug-likeness (QED) is 0.0373. The lowest BCUT2D eigenvalue weighted by atomic mass is 10.0. The third kappa shape index (κ3) is 69.8. The van der Waals surface area contributed by atoms with E-state index in [1.807, 2.05) is 0 Å². The van der Waals surface area contributed by atoms with Crippen LogP contribution in [0.1, 0.15) is 296 Å². The van der Waals surface area contributed by atoms with E-state index in [0.717, 1.165) is 116 Å². The Labute approximate surface area is 519 Å². The maximum Gasteiger partial charge on any atom is 0.306 e. The Balaban J connectivity index is 3.62. The molecule has 0 aromatic rings. The molecule has 84 heavy (non-hydrogen) atoms. The van der Waals surface area contributed by atoms with E-state index < -0.39 is 6.10 Å². The van der Waals surface area contributed by atoms with Crippen molar-refractivity contribution >= 4 is 11.9 Å². The van der Waals surface area contributed by atoms with Gasteiger partial charge in [-0.2, -0.15) is 0 Å². The molecule has 0 rings (SSSR count). The average molecular weight is 1160 g/mol. The molecule has 474 valence electrons. The SMILES string of the molecule is CC/C=C\C/C=C\C/C=C\C/C=C\C/C=C\C/C=C\C/C=C\C/C=C\C/C=C\C/C=C\C/C=C\C/C=C\CCCCC(=O)OC(CO)COC(=O)CCCCCCCCCCCCCCCCCCCCC/C=C\C/C=C\CCCCCCC. The van der Waals surface area contributed by atoms with Crippen LogP contribution in [0, 0.1) is 0 Å². The van der Waals surface area contributed by atoms with E-state index >= 15 is 0 Å². The lowest BCUT2D eigenvalue weighted by Crippen LogP contribution is -2.28. The van der Waals surface area contributed by atoms with E-state index in [9.17, 15) is 14.7 Å². The van der Waals surface area contributed by atoms with Crippen LogP contribution in [0.5, 0.6) is 0 Å². The molecule has 5 nitrogen and oxygen atoms in total. The normalized spacial score (nSPS) is 13.3. The zero-order chi connectivity index (χ0) is 60.5. The minimum atomic E-state index is -0.808. The molecule has 0 saturated carbocycles. The summed E-state index contributed by atoms with van der Waals surface area (Å²) in [6, 6.07) is 0. The zero-order valence-electron chi connectivity index (χ0n) is 54.4. The molecule has 0 bridgehead atoms. The Morgan fingerprint density at radius 2 is 0.512 bits per heavy atom. The molecule has 0 spiro atoms. The minimum absolute atomic E-state index is 0.0917. The summed E-state index contributed by atoms with van der Waals surface area (Å²) in [4.78, 5) is 24.6. The first-order valence-electron chi connectivity index (χ1n) is 34.7. The Morgan fingerprint density at radius 1 is 0.286 bits per heavy atom. The van der Waals surface area contributed by atoms with Crippen molar-refractivity contribution in [2.24, 2.45) is 0 Å². The second-order valence-corrected chi connectivity index (χ2v) is 22.5. The highest BCUT2D eigenvalue weighted by molar-refractivity contribution is 5.70. The number of ether oxygens (including phenoxy) is 2. The predicted octanol–water partition coefficient (Wildman–Crippen LogP) is 24.4. The number of aliphatic hydroxyl groups is 1. The molecule has 0 amide bonds. The van der Waals surface area contributed by atoms with Crippen LogP contribution in [0.2, 0.25) is 0 Å². The second kappa shape index (κ2) is 72.5. The van der Waals surface area contributed by atoms with Crippen molar-refractivity contribution in [1.29, 1.82) is 0 Å². The topological polar surface area (TPSA) is 72.8 Å². The summed E-state index contributed by atoms with van der Waals surface area (Å²) in [5, 5.41) is 9.69. The molecule has 1 unspecified atom stereocenters. The first-order chi connectivity index (χ1) is 41.6. The lowest BCUT2D eigenvalue weighted by molar-refractivity contribution is -0.161. The maximum absolute atomic E-state index is 12.3. The second-order valence-electron chi connectivity index (χ2n) is 22.5. The van der Waals surface area contributed by atoms with Crippen LogP contribution in [0.15, 0.2) is 170 Å². The number of carbonyl (C=O) groups excluding carboxylic acids is 2. The number of allylic oxidation sites excluding steroid dienone is 28. The van der Waals surface area contributed by atoms with Gasteiger partial charge < -0.3 is 14.6 Å². The van der Waals surface area contributed by atoms with Crippen molar-refractivity contribution in [2.75, 3.05) is 13.2 Å². The molecular formula is C79H128O5. The molecule has 0 radical (unpaired) electrons. The van der Waals surface area contributed by atoms with Gasteiger partial charge in [0.15, 0.2) is 6.10 Å². The predicted molar refractivity (Wildman–Crippen MR) is 370 cm³/mol. The number of unbranched alkanes of at least 4 members (excludes halogenated alkanes) is 26. The summed E-state index contributed by atoms with van der Waals surface area (Å²) < 4.78 is 10.7. The molecule has 0 fully saturated rings. The Hall–Kier alpha value is -4.74. The van der Waals surface area contributed by atoms with Crippen molar-refractivity contribution < 1.29 is 24.2 Å². The van der Waals surface area contributed by atoms with Crippen LogP contribution in [0.3, 0.4) is 0 Å². The average Bonchev–Trinajstić information content (AvgIpc) is 3.51. The Bertz CT molecular complexity index is 1840. The van der Waals surface area contributed by atoms with Gasteiger partial charge >= 0.3 is 11.9 Å². The number of carbonyl (C=O) groups is 2. The van der Waals surface area contributed by atoms with Crippen LogP contribution >= 0.6 is 0 Å². The zero-order valence-corrected chi connectivity index (χ0v) is 54.4. The van der Waals surface area contributed by atoms with E-state index in [-0.39, 0.29) is 25.2 Å². The fourth-order valence-corrected chi connectivity index (χ4v) is 9.33. The fraction of sp³-hybridized carbons (Fsp3) is 0.620. The number of hydrogen-bond donors (Lipinski definition) is 1. The molecule has 0 heterocycles. The van der Waals surface area contributed by atoms with Crippen molar-refractivity contribution in [3.63, 3.8) is 0 Å². The van der Waals surface area contributed by atoms with Crippen molar-refractivity contribution in [1.82, 2.24) is 0 Å². The van der Waals surface area contributed by atoms with Gasteiger partial charge in [0.05, 0.1) is 6.61 Å². The highest BCUT2D eigenvalue weighted by Crippen LogP contribution is 2.16. The van der Waals surface area contributed by atoms with Gasteiger partial charge in [0, 0.05) is 12.8 Å². The maximum atomic E-state index is 12.3. The lowest BCUT2D eigenvalue weighted by Gasteiger charge is -2.15. The molecule has 0 saturated heterocycles. The summed E-state index contributed by atoms with van der Waals surface area (Å²) in [6.07, 6.45) is 112.